The fourth-order valence-corrected chi connectivity index (χ4v) is 2.83. The highest BCUT2D eigenvalue weighted by Crippen LogP contribution is 2.15. The van der Waals surface area contributed by atoms with Crippen molar-refractivity contribution in [3.05, 3.63) is 59.4 Å². The fourth-order valence-electron chi connectivity index (χ4n) is 1.75. The fraction of sp³-hybridized carbons (Fsp3) is 0.200. The topological polar surface area (TPSA) is 56.3 Å². The molecule has 0 saturated carbocycles. The molecule has 0 saturated heterocycles. The normalized spacial score (nSPS) is 11.9. The van der Waals surface area contributed by atoms with E-state index < -0.39 is 16.8 Å². The first-order chi connectivity index (χ1) is 9.61. The molecule has 1 aromatic carbocycles. The molecular formula is C15H15NO3S. The molecule has 20 heavy (non-hydrogen) atoms. The molecule has 0 amide bonds. The molecule has 0 aliphatic rings. The zero-order chi connectivity index (χ0) is 14.5. The average Bonchev–Trinajstić information content (AvgIpc) is 2.47. The van der Waals surface area contributed by atoms with Gasteiger partial charge in [0.1, 0.15) is 0 Å². The molecule has 0 bridgehead atoms. The minimum Gasteiger partial charge on any atom is -0.465 e. The first-order valence-electron chi connectivity index (χ1n) is 6.09. The van der Waals surface area contributed by atoms with Crippen LogP contribution in [-0.4, -0.2) is 22.3 Å². The highest BCUT2D eigenvalue weighted by Gasteiger charge is 2.15. The van der Waals surface area contributed by atoms with Crippen LogP contribution in [-0.2, 0) is 21.3 Å². The monoisotopic (exact) mass is 289 g/mol. The van der Waals surface area contributed by atoms with Gasteiger partial charge in [0.25, 0.3) is 0 Å². The summed E-state index contributed by atoms with van der Waals surface area (Å²) in [6.07, 6.45) is 1.58. The van der Waals surface area contributed by atoms with Crippen LogP contribution < -0.4 is 0 Å². The smallest absolute Gasteiger partial charge is 0.339 e. The Morgan fingerprint density at radius 1 is 1.25 bits per heavy atom. The maximum absolute atomic E-state index is 12.3. The molecule has 1 atom stereocenters. The highest BCUT2D eigenvalue weighted by atomic mass is 32.2. The Balaban J connectivity index is 2.24. The van der Waals surface area contributed by atoms with Crippen LogP contribution in [0.2, 0.25) is 0 Å². The lowest BCUT2D eigenvalue weighted by Gasteiger charge is -2.07. The van der Waals surface area contributed by atoms with Crippen LogP contribution in [0.25, 0.3) is 0 Å². The van der Waals surface area contributed by atoms with Crippen molar-refractivity contribution in [2.45, 2.75) is 17.6 Å². The van der Waals surface area contributed by atoms with Crippen molar-refractivity contribution in [2.75, 3.05) is 7.11 Å². The van der Waals surface area contributed by atoms with Gasteiger partial charge < -0.3 is 4.74 Å². The lowest BCUT2D eigenvalue weighted by molar-refractivity contribution is 0.0599. The number of nitrogens with zero attached hydrogens (tertiary/aromatic N) is 1. The van der Waals surface area contributed by atoms with E-state index in [9.17, 15) is 9.00 Å². The Kier molecular flexibility index (Phi) is 4.63. The minimum atomic E-state index is -1.24. The van der Waals surface area contributed by atoms with E-state index in [1.807, 2.05) is 31.2 Å². The van der Waals surface area contributed by atoms with E-state index >= 15 is 0 Å². The van der Waals surface area contributed by atoms with Gasteiger partial charge in [0.15, 0.2) is 0 Å². The molecule has 1 heterocycles. The van der Waals surface area contributed by atoms with Crippen molar-refractivity contribution in [1.29, 1.82) is 0 Å². The van der Waals surface area contributed by atoms with E-state index in [2.05, 4.69) is 4.98 Å². The van der Waals surface area contributed by atoms with Gasteiger partial charge in [0.2, 0.25) is 0 Å². The second-order valence-corrected chi connectivity index (χ2v) is 5.74. The zero-order valence-corrected chi connectivity index (χ0v) is 12.1. The average molecular weight is 289 g/mol. The van der Waals surface area contributed by atoms with Crippen LogP contribution in [0.5, 0.6) is 0 Å². The van der Waals surface area contributed by atoms with Crippen molar-refractivity contribution in [3.63, 3.8) is 0 Å². The molecule has 0 N–H and O–H groups in total. The molecule has 0 aliphatic carbocycles. The molecule has 5 heteroatoms. The summed E-state index contributed by atoms with van der Waals surface area (Å²) in [4.78, 5) is 16.5. The molecule has 0 radical (unpaired) electrons. The van der Waals surface area contributed by atoms with E-state index in [4.69, 9.17) is 4.74 Å². The Hall–Kier alpha value is -2.01. The number of esters is 1. The predicted octanol–water partition coefficient (Wildman–Crippen LogP) is 2.48. The number of pyridine rings is 1. The van der Waals surface area contributed by atoms with Crippen LogP contribution in [0.15, 0.2) is 47.5 Å². The van der Waals surface area contributed by atoms with Crippen molar-refractivity contribution in [1.82, 2.24) is 4.98 Å². The summed E-state index contributed by atoms with van der Waals surface area (Å²) in [6.45, 7) is 1.97. The van der Waals surface area contributed by atoms with E-state index in [0.717, 1.165) is 10.5 Å². The van der Waals surface area contributed by atoms with Gasteiger partial charge in [-0.1, -0.05) is 17.7 Å². The summed E-state index contributed by atoms with van der Waals surface area (Å²) in [7, 11) is 0.0738. The summed E-state index contributed by atoms with van der Waals surface area (Å²) < 4.78 is 17.0. The Bertz CT molecular complexity index is 638. The van der Waals surface area contributed by atoms with E-state index in [1.165, 1.54) is 7.11 Å². The van der Waals surface area contributed by atoms with Crippen LogP contribution >= 0.6 is 0 Å². The van der Waals surface area contributed by atoms with Crippen molar-refractivity contribution in [2.24, 2.45) is 0 Å². The summed E-state index contributed by atoms with van der Waals surface area (Å²) >= 11 is 0. The second kappa shape index (κ2) is 6.43. The Morgan fingerprint density at radius 2 is 1.95 bits per heavy atom. The lowest BCUT2D eigenvalue weighted by atomic mass is 10.2. The number of carbonyl (C=O) groups is 1. The predicted molar refractivity (Wildman–Crippen MR) is 76.9 cm³/mol. The van der Waals surface area contributed by atoms with Crippen molar-refractivity contribution in [3.8, 4) is 0 Å². The van der Waals surface area contributed by atoms with Crippen LogP contribution in [0.4, 0.5) is 0 Å². The molecule has 1 unspecified atom stereocenters. The summed E-state index contributed by atoms with van der Waals surface area (Å²) in [5, 5.41) is 0. The van der Waals surface area contributed by atoms with Gasteiger partial charge in [-0.2, -0.15) is 0 Å². The molecule has 2 rings (SSSR count). The Morgan fingerprint density at radius 3 is 2.60 bits per heavy atom. The summed E-state index contributed by atoms with van der Waals surface area (Å²) in [6, 6.07) is 10.8. The van der Waals surface area contributed by atoms with E-state index in [-0.39, 0.29) is 5.75 Å². The molecule has 2 aromatic rings. The summed E-state index contributed by atoms with van der Waals surface area (Å²) in [5.41, 5.74) is 1.95. The standard InChI is InChI=1S/C15H15NO3S/c1-11-5-7-12(8-6-11)20(18)10-14-13(15(17)19-2)4-3-9-16-14/h3-9H,10H2,1-2H3. The number of aryl methyl sites for hydroxylation is 1. The molecule has 1 aromatic heterocycles. The highest BCUT2D eigenvalue weighted by molar-refractivity contribution is 7.84. The molecule has 4 nitrogen and oxygen atoms in total. The van der Waals surface area contributed by atoms with Crippen LogP contribution in [0.3, 0.4) is 0 Å². The number of benzene rings is 1. The quantitative estimate of drug-likeness (QED) is 0.811. The molecule has 104 valence electrons. The number of hydrogen-bond donors (Lipinski definition) is 0. The first-order valence-corrected chi connectivity index (χ1v) is 7.41. The van der Waals surface area contributed by atoms with Gasteiger partial charge in [0.05, 0.1) is 34.9 Å². The van der Waals surface area contributed by atoms with Crippen LogP contribution in [0.1, 0.15) is 21.6 Å². The zero-order valence-electron chi connectivity index (χ0n) is 11.3. The molecule has 0 aliphatic heterocycles. The van der Waals surface area contributed by atoms with Gasteiger partial charge in [0, 0.05) is 11.1 Å². The third-order valence-corrected chi connectivity index (χ3v) is 4.18. The molecule has 0 fully saturated rings. The minimum absolute atomic E-state index is 0.189. The number of rotatable bonds is 4. The van der Waals surface area contributed by atoms with Crippen LogP contribution in [0, 0.1) is 6.92 Å². The van der Waals surface area contributed by atoms with Gasteiger partial charge in [-0.3, -0.25) is 9.19 Å². The third-order valence-electron chi connectivity index (χ3n) is 2.85. The van der Waals surface area contributed by atoms with Crippen molar-refractivity contribution >= 4 is 16.8 Å². The number of aromatic nitrogens is 1. The second-order valence-electron chi connectivity index (χ2n) is 4.29. The lowest BCUT2D eigenvalue weighted by Crippen LogP contribution is -2.09. The molecular weight excluding hydrogens is 274 g/mol. The first kappa shape index (κ1) is 14.4. The SMILES string of the molecule is COC(=O)c1cccnc1CS(=O)c1ccc(C)cc1. The Labute approximate surface area is 120 Å². The summed E-state index contributed by atoms with van der Waals surface area (Å²) in [5.74, 6) is -0.275. The number of ether oxygens (including phenoxy) is 1. The van der Waals surface area contributed by atoms with E-state index in [1.54, 1.807) is 18.3 Å². The van der Waals surface area contributed by atoms with Crippen molar-refractivity contribution < 1.29 is 13.7 Å². The third kappa shape index (κ3) is 3.30. The number of methoxy groups -OCH3 is 1. The maximum Gasteiger partial charge on any atom is 0.339 e. The number of carbonyl (C=O) groups excluding carboxylic acids is 1. The van der Waals surface area contributed by atoms with Gasteiger partial charge in [-0.05, 0) is 31.2 Å². The molecule has 0 spiro atoms. The van der Waals surface area contributed by atoms with Gasteiger partial charge in [-0.15, -0.1) is 0 Å². The number of hydrogen-bond acceptors (Lipinski definition) is 4. The largest absolute Gasteiger partial charge is 0.465 e. The van der Waals surface area contributed by atoms with Gasteiger partial charge >= 0.3 is 5.97 Å². The van der Waals surface area contributed by atoms with Gasteiger partial charge in [-0.25, -0.2) is 4.79 Å². The van der Waals surface area contributed by atoms with E-state index in [0.29, 0.717) is 11.3 Å². The maximum atomic E-state index is 12.3.